The first-order valence-electron chi connectivity index (χ1n) is 5.95. The fraction of sp³-hybridized carbons (Fsp3) is 0.692. The van der Waals surface area contributed by atoms with Gasteiger partial charge in [-0.25, -0.2) is 0 Å². The maximum Gasteiger partial charge on any atom is 0.240 e. The van der Waals surface area contributed by atoms with Gasteiger partial charge in [0.1, 0.15) is 5.41 Å². The van der Waals surface area contributed by atoms with E-state index in [-0.39, 0.29) is 5.91 Å². The van der Waals surface area contributed by atoms with Crippen molar-refractivity contribution < 1.29 is 4.79 Å². The first-order chi connectivity index (χ1) is 7.60. The summed E-state index contributed by atoms with van der Waals surface area (Å²) in [6, 6.07) is 2.24. The standard InChI is InChI=1S/C13H20N2O/c1-11(2)9-15-12(16)13(10-14)7-5-3-4-6-8-13/h1,3-9H2,2H3,(H,15,16). The van der Waals surface area contributed by atoms with Crippen LogP contribution >= 0.6 is 0 Å². The van der Waals surface area contributed by atoms with Crippen LogP contribution in [0.25, 0.3) is 0 Å². The third kappa shape index (κ3) is 3.10. The van der Waals surface area contributed by atoms with Crippen LogP contribution in [-0.2, 0) is 4.79 Å². The van der Waals surface area contributed by atoms with Crippen molar-refractivity contribution in [2.24, 2.45) is 5.41 Å². The van der Waals surface area contributed by atoms with Crippen LogP contribution in [0.2, 0.25) is 0 Å². The quantitative estimate of drug-likeness (QED) is 0.587. The van der Waals surface area contributed by atoms with Crippen LogP contribution in [0.1, 0.15) is 45.4 Å². The maximum atomic E-state index is 12.0. The van der Waals surface area contributed by atoms with Crippen molar-refractivity contribution in [1.29, 1.82) is 5.26 Å². The molecule has 0 heterocycles. The summed E-state index contributed by atoms with van der Waals surface area (Å²) in [6.45, 7) is 6.08. The van der Waals surface area contributed by atoms with Crippen LogP contribution in [0.15, 0.2) is 12.2 Å². The van der Waals surface area contributed by atoms with Gasteiger partial charge in [-0.2, -0.15) is 5.26 Å². The number of amides is 1. The van der Waals surface area contributed by atoms with E-state index in [2.05, 4.69) is 18.0 Å². The Morgan fingerprint density at radius 1 is 1.38 bits per heavy atom. The first kappa shape index (κ1) is 12.8. The minimum Gasteiger partial charge on any atom is -0.351 e. The van der Waals surface area contributed by atoms with Gasteiger partial charge in [0.2, 0.25) is 5.91 Å². The second-order valence-electron chi connectivity index (χ2n) is 4.75. The normalized spacial score (nSPS) is 19.2. The van der Waals surface area contributed by atoms with Crippen molar-refractivity contribution in [2.45, 2.75) is 45.4 Å². The van der Waals surface area contributed by atoms with Gasteiger partial charge in [-0.15, -0.1) is 0 Å². The van der Waals surface area contributed by atoms with Gasteiger partial charge >= 0.3 is 0 Å². The van der Waals surface area contributed by atoms with Gasteiger partial charge in [0.25, 0.3) is 0 Å². The SMILES string of the molecule is C=C(C)CNC(=O)C1(C#N)CCCCCC1. The molecule has 0 aromatic rings. The molecule has 0 saturated heterocycles. The molecule has 1 fully saturated rings. The lowest BCUT2D eigenvalue weighted by Crippen LogP contribution is -2.40. The molecule has 3 heteroatoms. The third-order valence-corrected chi connectivity index (χ3v) is 3.16. The molecule has 1 saturated carbocycles. The van der Waals surface area contributed by atoms with E-state index in [9.17, 15) is 10.1 Å². The lowest BCUT2D eigenvalue weighted by atomic mass is 9.81. The summed E-state index contributed by atoms with van der Waals surface area (Å²) in [7, 11) is 0. The molecule has 1 rings (SSSR count). The number of nitriles is 1. The molecular formula is C13H20N2O. The summed E-state index contributed by atoms with van der Waals surface area (Å²) >= 11 is 0. The summed E-state index contributed by atoms with van der Waals surface area (Å²) in [5.74, 6) is -0.111. The van der Waals surface area contributed by atoms with Gasteiger partial charge in [-0.1, -0.05) is 37.8 Å². The molecule has 1 aliphatic carbocycles. The summed E-state index contributed by atoms with van der Waals surface area (Å²) in [6.07, 6.45) is 5.63. The summed E-state index contributed by atoms with van der Waals surface area (Å²) in [5, 5.41) is 12.1. The predicted molar refractivity (Wildman–Crippen MR) is 63.6 cm³/mol. The van der Waals surface area contributed by atoms with Crippen LogP contribution in [0.4, 0.5) is 0 Å². The average Bonchev–Trinajstić information content (AvgIpc) is 2.51. The van der Waals surface area contributed by atoms with Gasteiger partial charge in [-0.05, 0) is 19.8 Å². The van der Waals surface area contributed by atoms with Crippen molar-refractivity contribution in [3.8, 4) is 6.07 Å². The molecule has 0 aromatic carbocycles. The van der Waals surface area contributed by atoms with Gasteiger partial charge in [0.05, 0.1) is 6.07 Å². The highest BCUT2D eigenvalue weighted by Gasteiger charge is 2.38. The molecule has 0 spiro atoms. The number of carbonyl (C=O) groups excluding carboxylic acids is 1. The van der Waals surface area contributed by atoms with Gasteiger partial charge in [0.15, 0.2) is 0 Å². The van der Waals surface area contributed by atoms with Crippen LogP contribution < -0.4 is 5.32 Å². The highest BCUT2D eigenvalue weighted by atomic mass is 16.2. The van der Waals surface area contributed by atoms with Crippen LogP contribution in [0.3, 0.4) is 0 Å². The Morgan fingerprint density at radius 2 is 1.94 bits per heavy atom. The van der Waals surface area contributed by atoms with Gasteiger partial charge in [0, 0.05) is 6.54 Å². The minimum atomic E-state index is -0.786. The Kier molecular flexibility index (Phi) is 4.54. The zero-order valence-electron chi connectivity index (χ0n) is 10.0. The molecule has 0 unspecified atom stereocenters. The number of hydrogen-bond acceptors (Lipinski definition) is 2. The van der Waals surface area contributed by atoms with E-state index < -0.39 is 5.41 Å². The Bertz CT molecular complexity index is 306. The molecule has 88 valence electrons. The van der Waals surface area contributed by atoms with E-state index in [0.29, 0.717) is 19.4 Å². The first-order valence-corrected chi connectivity index (χ1v) is 5.95. The Labute approximate surface area is 97.5 Å². The summed E-state index contributed by atoms with van der Waals surface area (Å²) < 4.78 is 0. The molecule has 1 amide bonds. The predicted octanol–water partition coefficient (Wildman–Crippen LogP) is 2.54. The topological polar surface area (TPSA) is 52.9 Å². The number of nitrogens with zero attached hydrogens (tertiary/aromatic N) is 1. The molecule has 1 aliphatic rings. The largest absolute Gasteiger partial charge is 0.351 e. The molecule has 0 radical (unpaired) electrons. The van der Waals surface area contributed by atoms with E-state index in [1.54, 1.807) is 0 Å². The Morgan fingerprint density at radius 3 is 2.38 bits per heavy atom. The number of nitrogens with one attached hydrogen (secondary N) is 1. The number of hydrogen-bond donors (Lipinski definition) is 1. The highest BCUT2D eigenvalue weighted by molar-refractivity contribution is 5.85. The van der Waals surface area contributed by atoms with Crippen molar-refractivity contribution in [3.05, 3.63) is 12.2 Å². The van der Waals surface area contributed by atoms with Crippen LogP contribution in [0, 0.1) is 16.7 Å². The molecule has 0 bridgehead atoms. The third-order valence-electron chi connectivity index (χ3n) is 3.16. The zero-order chi connectivity index (χ0) is 12.0. The monoisotopic (exact) mass is 220 g/mol. The van der Waals surface area contributed by atoms with E-state index in [4.69, 9.17) is 0 Å². The van der Waals surface area contributed by atoms with Crippen LogP contribution in [0.5, 0.6) is 0 Å². The number of carbonyl (C=O) groups is 1. The van der Waals surface area contributed by atoms with Crippen molar-refractivity contribution in [2.75, 3.05) is 6.54 Å². The molecular weight excluding hydrogens is 200 g/mol. The molecule has 0 aliphatic heterocycles. The smallest absolute Gasteiger partial charge is 0.240 e. The van der Waals surface area contributed by atoms with E-state index in [1.807, 2.05) is 6.92 Å². The second kappa shape index (κ2) is 5.69. The van der Waals surface area contributed by atoms with Gasteiger partial charge in [-0.3, -0.25) is 4.79 Å². The maximum absolute atomic E-state index is 12.0. The molecule has 0 aromatic heterocycles. The van der Waals surface area contributed by atoms with E-state index >= 15 is 0 Å². The highest BCUT2D eigenvalue weighted by Crippen LogP contribution is 2.34. The Balaban J connectivity index is 2.67. The molecule has 1 N–H and O–H groups in total. The van der Waals surface area contributed by atoms with Crippen molar-refractivity contribution >= 4 is 5.91 Å². The summed E-state index contributed by atoms with van der Waals surface area (Å²) in [4.78, 5) is 12.0. The number of rotatable bonds is 3. The summed E-state index contributed by atoms with van der Waals surface area (Å²) in [5.41, 5.74) is 0.126. The van der Waals surface area contributed by atoms with E-state index in [1.165, 1.54) is 0 Å². The molecule has 3 nitrogen and oxygen atoms in total. The van der Waals surface area contributed by atoms with Crippen molar-refractivity contribution in [3.63, 3.8) is 0 Å². The van der Waals surface area contributed by atoms with Crippen molar-refractivity contribution in [1.82, 2.24) is 5.32 Å². The fourth-order valence-electron chi connectivity index (χ4n) is 2.12. The lowest BCUT2D eigenvalue weighted by molar-refractivity contribution is -0.128. The van der Waals surface area contributed by atoms with Gasteiger partial charge < -0.3 is 5.32 Å². The second-order valence-corrected chi connectivity index (χ2v) is 4.75. The van der Waals surface area contributed by atoms with E-state index in [0.717, 1.165) is 31.3 Å². The average molecular weight is 220 g/mol. The Hall–Kier alpha value is -1.30. The minimum absolute atomic E-state index is 0.111. The molecule has 16 heavy (non-hydrogen) atoms. The fourth-order valence-corrected chi connectivity index (χ4v) is 2.12. The van der Waals surface area contributed by atoms with Crippen LogP contribution in [-0.4, -0.2) is 12.5 Å². The lowest BCUT2D eigenvalue weighted by Gasteiger charge is -2.23. The zero-order valence-corrected chi connectivity index (χ0v) is 10.0. The molecule has 0 atom stereocenters.